The van der Waals surface area contributed by atoms with E-state index >= 15 is 0 Å². The predicted octanol–water partition coefficient (Wildman–Crippen LogP) is 3.21. The standard InChI is InChI=1S/C19H19N3O3/c1-3-15-14-9-11(10-20-19(14)25-22-15)18(23)21-16-8-7-13-12(16)5-4-6-17(13)24-2/h4-6,9-10,16H,3,7-8H2,1-2H3,(H,21,23). The Balaban J connectivity index is 1.60. The van der Waals surface area contributed by atoms with Crippen LogP contribution in [0, 0.1) is 0 Å². The summed E-state index contributed by atoms with van der Waals surface area (Å²) in [5.74, 6) is 0.743. The van der Waals surface area contributed by atoms with Crippen LogP contribution in [0.2, 0.25) is 0 Å². The number of pyridine rings is 1. The number of methoxy groups -OCH3 is 1. The number of hydrogen-bond donors (Lipinski definition) is 1. The average Bonchev–Trinajstić information content (AvgIpc) is 3.24. The summed E-state index contributed by atoms with van der Waals surface area (Å²) in [6.45, 7) is 1.99. The second kappa shape index (κ2) is 6.20. The average molecular weight is 337 g/mol. The van der Waals surface area contributed by atoms with Crippen LogP contribution in [0.15, 0.2) is 35.0 Å². The van der Waals surface area contributed by atoms with Crippen LogP contribution in [-0.4, -0.2) is 23.2 Å². The first-order chi connectivity index (χ1) is 12.2. The fourth-order valence-corrected chi connectivity index (χ4v) is 3.46. The van der Waals surface area contributed by atoms with Crippen molar-refractivity contribution in [3.8, 4) is 5.75 Å². The van der Waals surface area contributed by atoms with E-state index in [4.69, 9.17) is 9.26 Å². The van der Waals surface area contributed by atoms with E-state index in [1.54, 1.807) is 13.2 Å². The molecule has 0 aliphatic heterocycles. The normalized spacial score (nSPS) is 16.0. The highest BCUT2D eigenvalue weighted by atomic mass is 16.5. The minimum Gasteiger partial charge on any atom is -0.496 e. The number of nitrogens with zero attached hydrogens (tertiary/aromatic N) is 2. The van der Waals surface area contributed by atoms with Gasteiger partial charge in [0.25, 0.3) is 11.6 Å². The number of aromatic nitrogens is 2. The van der Waals surface area contributed by atoms with Crippen molar-refractivity contribution in [1.82, 2.24) is 15.5 Å². The third-order valence-electron chi connectivity index (χ3n) is 4.75. The van der Waals surface area contributed by atoms with Crippen molar-refractivity contribution < 1.29 is 14.1 Å². The maximum Gasteiger partial charge on any atom is 0.257 e. The van der Waals surface area contributed by atoms with Crippen molar-refractivity contribution >= 4 is 17.0 Å². The summed E-state index contributed by atoms with van der Waals surface area (Å²) in [4.78, 5) is 16.9. The molecule has 1 aliphatic carbocycles. The lowest BCUT2D eigenvalue weighted by Crippen LogP contribution is -2.27. The first-order valence-corrected chi connectivity index (χ1v) is 8.42. The van der Waals surface area contributed by atoms with E-state index in [0.717, 1.165) is 41.7 Å². The molecule has 4 rings (SSSR count). The lowest BCUT2D eigenvalue weighted by atomic mass is 10.1. The molecule has 25 heavy (non-hydrogen) atoms. The molecule has 1 atom stereocenters. The molecule has 1 amide bonds. The third-order valence-corrected chi connectivity index (χ3v) is 4.75. The van der Waals surface area contributed by atoms with E-state index in [-0.39, 0.29) is 11.9 Å². The zero-order valence-corrected chi connectivity index (χ0v) is 14.2. The number of carbonyl (C=O) groups excluding carboxylic acids is 1. The van der Waals surface area contributed by atoms with Crippen molar-refractivity contribution in [2.75, 3.05) is 7.11 Å². The Kier molecular flexibility index (Phi) is 3.87. The number of carbonyl (C=O) groups is 1. The van der Waals surface area contributed by atoms with Crippen molar-refractivity contribution in [1.29, 1.82) is 0 Å². The number of hydrogen-bond acceptors (Lipinski definition) is 5. The van der Waals surface area contributed by atoms with Gasteiger partial charge in [-0.2, -0.15) is 0 Å². The Labute approximate surface area is 145 Å². The monoisotopic (exact) mass is 337 g/mol. The first-order valence-electron chi connectivity index (χ1n) is 8.42. The van der Waals surface area contributed by atoms with Gasteiger partial charge in [0, 0.05) is 6.20 Å². The van der Waals surface area contributed by atoms with Crippen LogP contribution in [0.4, 0.5) is 0 Å². The van der Waals surface area contributed by atoms with Gasteiger partial charge < -0.3 is 14.6 Å². The van der Waals surface area contributed by atoms with Gasteiger partial charge in [-0.3, -0.25) is 4.79 Å². The topological polar surface area (TPSA) is 77.2 Å². The van der Waals surface area contributed by atoms with Crippen molar-refractivity contribution in [3.05, 3.63) is 52.8 Å². The largest absolute Gasteiger partial charge is 0.496 e. The minimum atomic E-state index is -0.140. The zero-order valence-electron chi connectivity index (χ0n) is 14.2. The van der Waals surface area contributed by atoms with Gasteiger partial charge in [0.15, 0.2) is 0 Å². The highest BCUT2D eigenvalue weighted by Gasteiger charge is 2.27. The molecule has 1 aliphatic rings. The maximum absolute atomic E-state index is 12.7. The number of ether oxygens (including phenoxy) is 1. The Bertz CT molecular complexity index is 948. The number of amides is 1. The highest BCUT2D eigenvalue weighted by molar-refractivity contribution is 5.97. The van der Waals surface area contributed by atoms with Crippen molar-refractivity contribution in [3.63, 3.8) is 0 Å². The summed E-state index contributed by atoms with van der Waals surface area (Å²) < 4.78 is 10.6. The first kappa shape index (κ1) is 15.6. The van der Waals surface area contributed by atoms with Gasteiger partial charge in [0.1, 0.15) is 5.75 Å². The van der Waals surface area contributed by atoms with E-state index in [0.29, 0.717) is 11.3 Å². The third kappa shape index (κ3) is 2.63. The number of rotatable bonds is 4. The summed E-state index contributed by atoms with van der Waals surface area (Å²) >= 11 is 0. The minimum absolute atomic E-state index is 0.0126. The second-order valence-electron chi connectivity index (χ2n) is 6.15. The maximum atomic E-state index is 12.7. The number of benzene rings is 1. The SMILES string of the molecule is CCc1noc2ncc(C(=O)NC3CCc4c(OC)cccc43)cc12. The van der Waals surface area contributed by atoms with Gasteiger partial charge >= 0.3 is 0 Å². The molecule has 6 nitrogen and oxygen atoms in total. The number of nitrogens with one attached hydrogen (secondary N) is 1. The van der Waals surface area contributed by atoms with Crippen LogP contribution in [0.3, 0.4) is 0 Å². The summed E-state index contributed by atoms with van der Waals surface area (Å²) in [5.41, 5.74) is 4.09. The Morgan fingerprint density at radius 3 is 3.12 bits per heavy atom. The fraction of sp³-hybridized carbons (Fsp3) is 0.316. The molecule has 2 aromatic heterocycles. The van der Waals surface area contributed by atoms with E-state index in [1.165, 1.54) is 11.8 Å². The Morgan fingerprint density at radius 1 is 1.44 bits per heavy atom. The van der Waals surface area contributed by atoms with Crippen LogP contribution in [0.1, 0.15) is 46.6 Å². The van der Waals surface area contributed by atoms with Gasteiger partial charge in [-0.05, 0) is 42.5 Å². The molecular formula is C19H19N3O3. The lowest BCUT2D eigenvalue weighted by molar-refractivity contribution is 0.0936. The molecule has 0 bridgehead atoms. The van der Waals surface area contributed by atoms with Crippen LogP contribution >= 0.6 is 0 Å². The van der Waals surface area contributed by atoms with Crippen molar-refractivity contribution in [2.45, 2.75) is 32.2 Å². The smallest absolute Gasteiger partial charge is 0.257 e. The van der Waals surface area contributed by atoms with Crippen molar-refractivity contribution in [2.24, 2.45) is 0 Å². The van der Waals surface area contributed by atoms with Crippen LogP contribution < -0.4 is 10.1 Å². The Hall–Kier alpha value is -2.89. The lowest BCUT2D eigenvalue weighted by Gasteiger charge is -2.14. The second-order valence-corrected chi connectivity index (χ2v) is 6.15. The number of fused-ring (bicyclic) bond motifs is 2. The van der Waals surface area contributed by atoms with Crippen LogP contribution in [-0.2, 0) is 12.8 Å². The molecule has 0 saturated carbocycles. The highest BCUT2D eigenvalue weighted by Crippen LogP contribution is 2.36. The molecule has 2 heterocycles. The van der Waals surface area contributed by atoms with Gasteiger partial charge in [0.05, 0.1) is 29.8 Å². The molecule has 6 heteroatoms. The van der Waals surface area contributed by atoms with Gasteiger partial charge in [-0.25, -0.2) is 4.98 Å². The van der Waals surface area contributed by atoms with Gasteiger partial charge in [0.2, 0.25) is 0 Å². The number of aryl methyl sites for hydroxylation is 1. The Morgan fingerprint density at radius 2 is 2.32 bits per heavy atom. The van der Waals surface area contributed by atoms with Crippen LogP contribution in [0.25, 0.3) is 11.1 Å². The molecule has 1 aromatic carbocycles. The summed E-state index contributed by atoms with van der Waals surface area (Å²) in [6, 6.07) is 7.75. The molecule has 128 valence electrons. The van der Waals surface area contributed by atoms with E-state index in [1.807, 2.05) is 25.1 Å². The van der Waals surface area contributed by atoms with Crippen LogP contribution in [0.5, 0.6) is 5.75 Å². The van der Waals surface area contributed by atoms with Gasteiger partial charge in [-0.1, -0.05) is 24.2 Å². The molecule has 0 saturated heterocycles. The van der Waals surface area contributed by atoms with E-state index < -0.39 is 0 Å². The van der Waals surface area contributed by atoms with E-state index in [9.17, 15) is 4.79 Å². The summed E-state index contributed by atoms with van der Waals surface area (Å²) in [5, 5.41) is 7.89. The molecular weight excluding hydrogens is 318 g/mol. The fourth-order valence-electron chi connectivity index (χ4n) is 3.46. The molecule has 0 fully saturated rings. The van der Waals surface area contributed by atoms with E-state index in [2.05, 4.69) is 15.5 Å². The quantitative estimate of drug-likeness (QED) is 0.791. The molecule has 1 unspecified atom stereocenters. The molecule has 0 spiro atoms. The van der Waals surface area contributed by atoms with Gasteiger partial charge in [-0.15, -0.1) is 0 Å². The summed E-state index contributed by atoms with van der Waals surface area (Å²) in [7, 11) is 1.67. The zero-order chi connectivity index (χ0) is 17.4. The molecule has 0 radical (unpaired) electrons. The molecule has 1 N–H and O–H groups in total. The summed E-state index contributed by atoms with van der Waals surface area (Å²) in [6.07, 6.45) is 4.02. The predicted molar refractivity (Wildman–Crippen MR) is 92.7 cm³/mol. The molecule has 3 aromatic rings.